The van der Waals surface area contributed by atoms with Crippen LogP contribution < -0.4 is 16.4 Å². The van der Waals surface area contributed by atoms with Crippen LogP contribution in [0.4, 0.5) is 0 Å². The molecule has 0 saturated heterocycles. The lowest BCUT2D eigenvalue weighted by Crippen LogP contribution is -2.43. The van der Waals surface area contributed by atoms with Crippen LogP contribution in [0.2, 0.25) is 0 Å². The normalized spacial score (nSPS) is 15.5. The summed E-state index contributed by atoms with van der Waals surface area (Å²) in [5, 5.41) is 15.7. The molecule has 0 aliphatic carbocycles. The number of ether oxygens (including phenoxy) is 2. The Morgan fingerprint density at radius 1 is 1.16 bits per heavy atom. The minimum Gasteiger partial charge on any atom is -0.389 e. The summed E-state index contributed by atoms with van der Waals surface area (Å²) in [7, 11) is 1.66. The molecule has 6 heteroatoms. The average molecular weight is 277 g/mol. The van der Waals surface area contributed by atoms with Crippen molar-refractivity contribution in [3.8, 4) is 0 Å². The quantitative estimate of drug-likeness (QED) is 0.288. The first kappa shape index (κ1) is 18.8. The highest BCUT2D eigenvalue weighted by atomic mass is 16.5. The summed E-state index contributed by atoms with van der Waals surface area (Å²) in [4.78, 5) is 0. The van der Waals surface area contributed by atoms with Crippen LogP contribution in [0.5, 0.6) is 0 Å². The minimum absolute atomic E-state index is 0.281. The van der Waals surface area contributed by atoms with E-state index in [1.807, 2.05) is 6.92 Å². The van der Waals surface area contributed by atoms with Crippen molar-refractivity contribution in [3.05, 3.63) is 0 Å². The van der Waals surface area contributed by atoms with Crippen molar-refractivity contribution in [3.63, 3.8) is 0 Å². The number of nitrogens with two attached hydrogens (primary N) is 1. The molecule has 0 aliphatic heterocycles. The highest BCUT2D eigenvalue weighted by Crippen LogP contribution is 2.03. The lowest BCUT2D eigenvalue weighted by Gasteiger charge is -2.23. The zero-order chi connectivity index (χ0) is 14.8. The highest BCUT2D eigenvalue weighted by Gasteiger charge is 2.16. The summed E-state index contributed by atoms with van der Waals surface area (Å²) in [6.07, 6.45) is 0.859. The van der Waals surface area contributed by atoms with Crippen LogP contribution >= 0.6 is 0 Å². The Morgan fingerprint density at radius 2 is 1.84 bits per heavy atom. The van der Waals surface area contributed by atoms with E-state index in [9.17, 15) is 5.11 Å². The number of hydrogen-bond donors (Lipinski definition) is 4. The molecule has 0 rings (SSSR count). The zero-order valence-electron chi connectivity index (χ0n) is 12.8. The first-order valence-corrected chi connectivity index (χ1v) is 6.76. The van der Waals surface area contributed by atoms with Gasteiger partial charge in [-0.1, -0.05) is 0 Å². The summed E-state index contributed by atoms with van der Waals surface area (Å²) >= 11 is 0. The topological polar surface area (TPSA) is 88.8 Å². The molecule has 0 bridgehead atoms. The standard InChI is InChI=1S/C13H31N3O3/c1-12(2,17)9-16-11-19-8-7-15-6-5-13(3,14)10-18-4/h15-17H,5-11,14H2,1-4H3. The van der Waals surface area contributed by atoms with Gasteiger partial charge in [0.05, 0.1) is 25.5 Å². The van der Waals surface area contributed by atoms with Crippen molar-refractivity contribution < 1.29 is 14.6 Å². The van der Waals surface area contributed by atoms with Gasteiger partial charge in [0, 0.05) is 25.7 Å². The number of rotatable bonds is 12. The van der Waals surface area contributed by atoms with Gasteiger partial charge in [0.15, 0.2) is 0 Å². The van der Waals surface area contributed by atoms with Crippen molar-refractivity contribution >= 4 is 0 Å². The molecule has 0 heterocycles. The third kappa shape index (κ3) is 14.0. The monoisotopic (exact) mass is 277 g/mol. The van der Waals surface area contributed by atoms with Gasteiger partial charge in [-0.25, -0.2) is 0 Å². The predicted molar refractivity (Wildman–Crippen MR) is 77.1 cm³/mol. The van der Waals surface area contributed by atoms with Crippen molar-refractivity contribution in [2.24, 2.45) is 5.73 Å². The summed E-state index contributed by atoms with van der Waals surface area (Å²) in [5.41, 5.74) is 5.04. The van der Waals surface area contributed by atoms with Crippen molar-refractivity contribution in [1.29, 1.82) is 0 Å². The van der Waals surface area contributed by atoms with Crippen LogP contribution in [-0.4, -0.2) is 62.9 Å². The Kier molecular flexibility index (Phi) is 9.51. The molecule has 0 saturated carbocycles. The van der Waals surface area contributed by atoms with Gasteiger partial charge in [0.2, 0.25) is 0 Å². The first-order chi connectivity index (χ1) is 8.77. The van der Waals surface area contributed by atoms with Crippen molar-refractivity contribution in [1.82, 2.24) is 10.6 Å². The molecule has 0 fully saturated rings. The fourth-order valence-electron chi connectivity index (χ4n) is 1.55. The van der Waals surface area contributed by atoms with E-state index in [-0.39, 0.29) is 5.54 Å². The molecule has 0 aromatic carbocycles. The van der Waals surface area contributed by atoms with Gasteiger partial charge >= 0.3 is 0 Å². The molecule has 0 aromatic heterocycles. The van der Waals surface area contributed by atoms with Crippen LogP contribution in [0.25, 0.3) is 0 Å². The van der Waals surface area contributed by atoms with Crippen LogP contribution in [0.1, 0.15) is 27.2 Å². The van der Waals surface area contributed by atoms with Crippen LogP contribution in [0, 0.1) is 0 Å². The zero-order valence-corrected chi connectivity index (χ0v) is 12.8. The second-order valence-electron chi connectivity index (χ2n) is 5.88. The van der Waals surface area contributed by atoms with E-state index in [1.54, 1.807) is 21.0 Å². The molecule has 5 N–H and O–H groups in total. The van der Waals surface area contributed by atoms with Gasteiger partial charge in [0.1, 0.15) is 0 Å². The minimum atomic E-state index is -0.700. The molecule has 1 atom stereocenters. The fraction of sp³-hybridized carbons (Fsp3) is 1.00. The van der Waals surface area contributed by atoms with E-state index in [0.29, 0.717) is 26.5 Å². The highest BCUT2D eigenvalue weighted by molar-refractivity contribution is 4.78. The van der Waals surface area contributed by atoms with Gasteiger partial charge in [-0.3, -0.25) is 5.32 Å². The van der Waals surface area contributed by atoms with Gasteiger partial charge in [-0.2, -0.15) is 0 Å². The van der Waals surface area contributed by atoms with Crippen molar-refractivity contribution in [2.45, 2.75) is 38.3 Å². The molecule has 19 heavy (non-hydrogen) atoms. The molecule has 0 amide bonds. The van der Waals surface area contributed by atoms with E-state index in [4.69, 9.17) is 15.2 Å². The largest absolute Gasteiger partial charge is 0.389 e. The summed E-state index contributed by atoms with van der Waals surface area (Å²) in [6.45, 7) is 9.28. The molecular formula is C13H31N3O3. The van der Waals surface area contributed by atoms with Gasteiger partial charge in [-0.05, 0) is 33.7 Å². The maximum atomic E-state index is 9.46. The molecule has 1 unspecified atom stereocenters. The molecule has 0 aromatic rings. The SMILES string of the molecule is COCC(C)(N)CCNCCOCNCC(C)(C)O. The Balaban J connectivity index is 3.28. The van der Waals surface area contributed by atoms with Crippen LogP contribution in [-0.2, 0) is 9.47 Å². The molecule has 116 valence electrons. The fourth-order valence-corrected chi connectivity index (χ4v) is 1.55. The lowest BCUT2D eigenvalue weighted by molar-refractivity contribution is 0.0552. The van der Waals surface area contributed by atoms with E-state index in [2.05, 4.69) is 10.6 Å². The van der Waals surface area contributed by atoms with Gasteiger partial charge in [-0.15, -0.1) is 0 Å². The van der Waals surface area contributed by atoms with Crippen LogP contribution in [0.3, 0.4) is 0 Å². The van der Waals surface area contributed by atoms with E-state index in [1.165, 1.54) is 0 Å². The first-order valence-electron chi connectivity index (χ1n) is 6.76. The number of methoxy groups -OCH3 is 1. The second-order valence-corrected chi connectivity index (χ2v) is 5.88. The van der Waals surface area contributed by atoms with Crippen LogP contribution in [0.15, 0.2) is 0 Å². The molecule has 6 nitrogen and oxygen atoms in total. The molecule has 0 aliphatic rings. The average Bonchev–Trinajstić information content (AvgIpc) is 2.25. The third-order valence-electron chi connectivity index (χ3n) is 2.53. The number of aliphatic hydroxyl groups is 1. The molecule has 0 radical (unpaired) electrons. The summed E-state index contributed by atoms with van der Waals surface area (Å²) < 4.78 is 10.4. The molecule has 0 spiro atoms. The summed E-state index contributed by atoms with van der Waals surface area (Å²) in [5.74, 6) is 0. The smallest absolute Gasteiger partial charge is 0.0966 e. The van der Waals surface area contributed by atoms with E-state index < -0.39 is 5.60 Å². The number of nitrogens with one attached hydrogen (secondary N) is 2. The Morgan fingerprint density at radius 3 is 2.42 bits per heavy atom. The Labute approximate surface area is 117 Å². The third-order valence-corrected chi connectivity index (χ3v) is 2.53. The lowest BCUT2D eigenvalue weighted by atomic mass is 10.0. The maximum absolute atomic E-state index is 9.46. The van der Waals surface area contributed by atoms with Crippen molar-refractivity contribution in [2.75, 3.05) is 46.7 Å². The summed E-state index contributed by atoms with van der Waals surface area (Å²) in [6, 6.07) is 0. The Hall–Kier alpha value is -0.240. The predicted octanol–water partition coefficient (Wildman–Crippen LogP) is -0.335. The number of hydrogen-bond acceptors (Lipinski definition) is 6. The Bertz CT molecular complexity index is 218. The van der Waals surface area contributed by atoms with Gasteiger partial charge < -0.3 is 25.6 Å². The maximum Gasteiger partial charge on any atom is 0.0966 e. The van der Waals surface area contributed by atoms with E-state index >= 15 is 0 Å². The van der Waals surface area contributed by atoms with Gasteiger partial charge in [0.25, 0.3) is 0 Å². The second kappa shape index (κ2) is 9.63. The molecular weight excluding hydrogens is 246 g/mol. The van der Waals surface area contributed by atoms with E-state index in [0.717, 1.165) is 19.5 Å².